The van der Waals surface area contributed by atoms with Gasteiger partial charge in [0.15, 0.2) is 5.96 Å². The van der Waals surface area contributed by atoms with Crippen molar-refractivity contribution >= 4 is 46.8 Å². The van der Waals surface area contributed by atoms with Crippen molar-refractivity contribution in [2.24, 2.45) is 10.9 Å². The molecule has 0 bridgehead atoms. The Labute approximate surface area is 214 Å². The molecule has 1 N–H and O–H groups in total. The molecule has 3 heterocycles. The molecule has 0 radical (unpaired) electrons. The fraction of sp³-hybridized carbons (Fsp3) is 0.520. The molecule has 32 heavy (non-hydrogen) atoms. The average molecular weight is 566 g/mol. The van der Waals surface area contributed by atoms with Gasteiger partial charge in [0.25, 0.3) is 0 Å². The van der Waals surface area contributed by atoms with Crippen molar-refractivity contribution in [1.82, 2.24) is 20.1 Å². The van der Waals surface area contributed by atoms with E-state index in [-0.39, 0.29) is 24.0 Å². The van der Waals surface area contributed by atoms with Gasteiger partial charge in [-0.15, -0.1) is 35.3 Å². The number of hydrogen-bond donors (Lipinski definition) is 1. The summed E-state index contributed by atoms with van der Waals surface area (Å²) in [5, 5.41) is 7.14. The maximum atomic E-state index is 4.73. The summed E-state index contributed by atoms with van der Waals surface area (Å²) < 4.78 is 0. The molecule has 0 aliphatic carbocycles. The summed E-state index contributed by atoms with van der Waals surface area (Å²) in [4.78, 5) is 14.2. The molecule has 1 saturated heterocycles. The number of rotatable bonds is 6. The molecule has 2 aliphatic rings. The number of nitrogens with zero attached hydrogens (tertiary/aromatic N) is 4. The van der Waals surface area contributed by atoms with Gasteiger partial charge in [0.05, 0.1) is 10.7 Å². The molecule has 5 nitrogen and oxygen atoms in total. The SMILES string of the molecule is CCc1nc(CN2CCC(CNC(=NC)N3CC=C(c4ccccc4)CC3)CC2)cs1.I. The topological polar surface area (TPSA) is 43.8 Å². The summed E-state index contributed by atoms with van der Waals surface area (Å²) in [5.41, 5.74) is 4.04. The fourth-order valence-electron chi connectivity index (χ4n) is 4.51. The van der Waals surface area contributed by atoms with Gasteiger partial charge in [0.2, 0.25) is 0 Å². The number of aromatic nitrogens is 1. The van der Waals surface area contributed by atoms with Crippen molar-refractivity contribution in [2.75, 3.05) is 39.8 Å². The van der Waals surface area contributed by atoms with E-state index in [1.165, 1.54) is 34.7 Å². The van der Waals surface area contributed by atoms with Gasteiger partial charge in [-0.3, -0.25) is 9.89 Å². The van der Waals surface area contributed by atoms with E-state index in [0.29, 0.717) is 0 Å². The predicted molar refractivity (Wildman–Crippen MR) is 147 cm³/mol. The largest absolute Gasteiger partial charge is 0.356 e. The Morgan fingerprint density at radius 3 is 2.59 bits per heavy atom. The van der Waals surface area contributed by atoms with Crippen molar-refractivity contribution in [1.29, 1.82) is 0 Å². The number of benzene rings is 1. The highest BCUT2D eigenvalue weighted by atomic mass is 127. The van der Waals surface area contributed by atoms with Crippen molar-refractivity contribution in [3.8, 4) is 0 Å². The zero-order valence-electron chi connectivity index (χ0n) is 19.3. The third kappa shape index (κ3) is 6.78. The number of piperidine rings is 1. The average Bonchev–Trinajstić information content (AvgIpc) is 3.29. The Balaban J connectivity index is 0.00000289. The van der Waals surface area contributed by atoms with Gasteiger partial charge < -0.3 is 10.2 Å². The van der Waals surface area contributed by atoms with Crippen LogP contribution in [-0.4, -0.2) is 60.5 Å². The van der Waals surface area contributed by atoms with Crippen molar-refractivity contribution in [2.45, 2.75) is 39.2 Å². The summed E-state index contributed by atoms with van der Waals surface area (Å²) in [5.74, 6) is 1.76. The predicted octanol–water partition coefficient (Wildman–Crippen LogP) is 4.90. The molecule has 0 unspecified atom stereocenters. The molecule has 0 amide bonds. The second kappa shape index (κ2) is 12.7. The lowest BCUT2D eigenvalue weighted by molar-refractivity contribution is 0.176. The number of halogens is 1. The summed E-state index contributed by atoms with van der Waals surface area (Å²) in [6.07, 6.45) is 6.95. The Kier molecular flexibility index (Phi) is 9.99. The molecule has 4 rings (SSSR count). The number of aliphatic imine (C=N–C) groups is 1. The second-order valence-electron chi connectivity index (χ2n) is 8.53. The van der Waals surface area contributed by atoms with E-state index in [1.54, 1.807) is 11.3 Å². The maximum Gasteiger partial charge on any atom is 0.193 e. The van der Waals surface area contributed by atoms with Gasteiger partial charge in [-0.2, -0.15) is 0 Å². The van der Waals surface area contributed by atoms with Crippen molar-refractivity contribution < 1.29 is 0 Å². The van der Waals surface area contributed by atoms with Crippen LogP contribution in [0.4, 0.5) is 0 Å². The monoisotopic (exact) mass is 565 g/mol. The summed E-state index contributed by atoms with van der Waals surface area (Å²) in [6, 6.07) is 10.7. The molecule has 2 aromatic rings. The molecule has 174 valence electrons. The first kappa shape index (κ1) is 25.2. The zero-order valence-corrected chi connectivity index (χ0v) is 22.4. The molecule has 0 spiro atoms. The minimum absolute atomic E-state index is 0. The molecule has 0 saturated carbocycles. The summed E-state index contributed by atoms with van der Waals surface area (Å²) >= 11 is 1.80. The van der Waals surface area contributed by atoms with E-state index in [4.69, 9.17) is 4.98 Å². The first-order valence-corrected chi connectivity index (χ1v) is 12.5. The minimum atomic E-state index is 0. The first-order valence-electron chi connectivity index (χ1n) is 11.6. The van der Waals surface area contributed by atoms with Gasteiger partial charge in [-0.1, -0.05) is 43.3 Å². The molecule has 0 atom stereocenters. The van der Waals surface area contributed by atoms with Crippen LogP contribution < -0.4 is 5.32 Å². The maximum absolute atomic E-state index is 4.73. The lowest BCUT2D eigenvalue weighted by Gasteiger charge is -2.34. The smallest absolute Gasteiger partial charge is 0.193 e. The second-order valence-corrected chi connectivity index (χ2v) is 9.47. The lowest BCUT2D eigenvalue weighted by atomic mass is 9.96. The number of aryl methyl sites for hydroxylation is 1. The van der Waals surface area contributed by atoms with E-state index in [2.05, 4.69) is 68.8 Å². The normalized spacial score (nSPS) is 18.2. The number of likely N-dealkylation sites (tertiary alicyclic amines) is 1. The van der Waals surface area contributed by atoms with Gasteiger partial charge in [-0.05, 0) is 55.8 Å². The van der Waals surface area contributed by atoms with E-state index in [9.17, 15) is 0 Å². The quantitative estimate of drug-likeness (QED) is 0.308. The minimum Gasteiger partial charge on any atom is -0.356 e. The molecule has 1 aromatic heterocycles. The lowest BCUT2D eigenvalue weighted by Crippen LogP contribution is -2.46. The van der Waals surface area contributed by atoms with Crippen LogP contribution in [0.3, 0.4) is 0 Å². The number of nitrogens with one attached hydrogen (secondary N) is 1. The van der Waals surface area contributed by atoms with Gasteiger partial charge in [0.1, 0.15) is 0 Å². The van der Waals surface area contributed by atoms with E-state index in [0.717, 1.165) is 64.0 Å². The van der Waals surface area contributed by atoms with Crippen LogP contribution in [-0.2, 0) is 13.0 Å². The van der Waals surface area contributed by atoms with E-state index in [1.807, 2.05) is 7.05 Å². The Morgan fingerprint density at radius 2 is 1.97 bits per heavy atom. The molecular formula is C25H36IN5S. The van der Waals surface area contributed by atoms with Crippen LogP contribution >= 0.6 is 35.3 Å². The van der Waals surface area contributed by atoms with Gasteiger partial charge in [0, 0.05) is 38.6 Å². The van der Waals surface area contributed by atoms with E-state index < -0.39 is 0 Å². The van der Waals surface area contributed by atoms with Crippen LogP contribution in [0.1, 0.15) is 42.5 Å². The van der Waals surface area contributed by atoms with Crippen molar-refractivity contribution in [3.63, 3.8) is 0 Å². The number of guanidine groups is 1. The Morgan fingerprint density at radius 1 is 1.19 bits per heavy atom. The van der Waals surface area contributed by atoms with E-state index >= 15 is 0 Å². The highest BCUT2D eigenvalue weighted by Gasteiger charge is 2.22. The van der Waals surface area contributed by atoms with Gasteiger partial charge >= 0.3 is 0 Å². The molecule has 1 aromatic carbocycles. The molecule has 2 aliphatic heterocycles. The summed E-state index contributed by atoms with van der Waals surface area (Å²) in [7, 11) is 1.90. The highest BCUT2D eigenvalue weighted by Crippen LogP contribution is 2.23. The van der Waals surface area contributed by atoms with Gasteiger partial charge in [-0.25, -0.2) is 4.98 Å². The summed E-state index contributed by atoms with van der Waals surface area (Å²) in [6.45, 7) is 8.47. The Hall–Kier alpha value is -1.45. The fourth-order valence-corrected chi connectivity index (χ4v) is 5.24. The standard InChI is InChI=1S/C25H35N5S.HI/c1-3-24-28-23(19-31-24)18-29-13-9-20(10-14-29)17-27-25(26-2)30-15-11-22(12-16-30)21-7-5-4-6-8-21;/h4-8,11,19-20H,3,9-10,12-18H2,1-2H3,(H,26,27);1H. The highest BCUT2D eigenvalue weighted by molar-refractivity contribution is 14.0. The number of hydrogen-bond acceptors (Lipinski definition) is 4. The number of thiazole rings is 1. The third-order valence-electron chi connectivity index (χ3n) is 6.41. The van der Waals surface area contributed by atoms with Crippen LogP contribution in [0.15, 0.2) is 46.8 Å². The van der Waals surface area contributed by atoms with Crippen molar-refractivity contribution in [3.05, 3.63) is 58.1 Å². The molecule has 7 heteroatoms. The molecule has 1 fully saturated rings. The molecular weight excluding hydrogens is 529 g/mol. The van der Waals surface area contributed by atoms with Crippen LogP contribution in [0.2, 0.25) is 0 Å². The zero-order chi connectivity index (χ0) is 21.5. The third-order valence-corrected chi connectivity index (χ3v) is 7.45. The first-order chi connectivity index (χ1) is 15.2. The van der Waals surface area contributed by atoms with Crippen LogP contribution in [0.5, 0.6) is 0 Å². The van der Waals surface area contributed by atoms with Crippen LogP contribution in [0.25, 0.3) is 5.57 Å². The van der Waals surface area contributed by atoms with Crippen LogP contribution in [0, 0.1) is 5.92 Å². The Bertz CT molecular complexity index is 887.